The van der Waals surface area contributed by atoms with Crippen LogP contribution in [0.5, 0.6) is 0 Å². The highest BCUT2D eigenvalue weighted by Crippen LogP contribution is 2.43. The summed E-state index contributed by atoms with van der Waals surface area (Å²) in [4.78, 5) is 22.7. The minimum absolute atomic E-state index is 0.0693. The van der Waals surface area contributed by atoms with Crippen molar-refractivity contribution in [3.63, 3.8) is 0 Å². The van der Waals surface area contributed by atoms with E-state index in [-0.39, 0.29) is 19.1 Å². The molecule has 9 heteroatoms. The third-order valence-electron chi connectivity index (χ3n) is 6.90. The summed E-state index contributed by atoms with van der Waals surface area (Å²) >= 11 is 0. The first-order valence-electron chi connectivity index (χ1n) is 16.4. The van der Waals surface area contributed by atoms with Gasteiger partial charge in [-0.2, -0.15) is 0 Å². The summed E-state index contributed by atoms with van der Waals surface area (Å²) in [5.74, 6) is -0.170. The van der Waals surface area contributed by atoms with Crippen LogP contribution in [0.4, 0.5) is 0 Å². The molecule has 0 aromatic carbocycles. The van der Waals surface area contributed by atoms with Gasteiger partial charge in [0.25, 0.3) is 0 Å². The fourth-order valence-electron chi connectivity index (χ4n) is 4.23. The van der Waals surface area contributed by atoms with Gasteiger partial charge in [0, 0.05) is 6.42 Å². The Morgan fingerprint density at radius 2 is 1.43 bits per heavy atom. The predicted molar refractivity (Wildman–Crippen MR) is 175 cm³/mol. The maximum absolute atomic E-state index is 12.6. The number of carbonyl (C=O) groups excluding carboxylic acids is 1. The number of nitrogens with one attached hydrogen (secondary N) is 1. The fraction of sp³-hybridized carbons (Fsp3) is 0.788. The summed E-state index contributed by atoms with van der Waals surface area (Å²) in [5, 5.41) is 13.5. The molecule has 0 rings (SSSR count). The Labute approximate surface area is 257 Å². The zero-order valence-electron chi connectivity index (χ0n) is 27.5. The number of hydrogen-bond acceptors (Lipinski definition) is 5. The molecule has 0 aliphatic heterocycles. The number of unbranched alkanes of at least 4 members (excludes halogenated alkanes) is 9. The van der Waals surface area contributed by atoms with Crippen molar-refractivity contribution >= 4 is 13.7 Å². The van der Waals surface area contributed by atoms with Crippen molar-refractivity contribution in [2.45, 2.75) is 129 Å². The van der Waals surface area contributed by atoms with Gasteiger partial charge >= 0.3 is 7.82 Å². The monoisotopic (exact) mass is 615 g/mol. The smallest absolute Gasteiger partial charge is 0.391 e. The molecular weight excluding hydrogens is 551 g/mol. The molecule has 0 bridgehead atoms. The Morgan fingerprint density at radius 3 is 2.05 bits per heavy atom. The number of likely N-dealkylation sites (N-methyl/N-ethyl adjacent to an activating group) is 1. The molecule has 0 saturated carbocycles. The molecule has 0 heterocycles. The Hall–Kier alpha value is -1.28. The van der Waals surface area contributed by atoms with Gasteiger partial charge in [0.15, 0.2) is 0 Å². The first-order valence-corrected chi connectivity index (χ1v) is 17.8. The number of allylic oxidation sites excluding steroid dienone is 6. The minimum atomic E-state index is -4.28. The normalized spacial score (nSPS) is 15.5. The van der Waals surface area contributed by atoms with Crippen LogP contribution in [0.3, 0.4) is 0 Å². The molecule has 1 amide bonds. The minimum Gasteiger partial charge on any atom is -0.391 e. The second kappa shape index (κ2) is 26.2. The molecule has 0 spiro atoms. The topological polar surface area (TPSA) is 105 Å². The molecule has 3 unspecified atom stereocenters. The summed E-state index contributed by atoms with van der Waals surface area (Å²) in [5.41, 5.74) is 0. The van der Waals surface area contributed by atoms with Crippen molar-refractivity contribution < 1.29 is 32.9 Å². The Bertz CT molecular complexity index is 794. The lowest BCUT2D eigenvalue weighted by atomic mass is 10.0. The van der Waals surface area contributed by atoms with Gasteiger partial charge in [-0.25, -0.2) is 4.57 Å². The summed E-state index contributed by atoms with van der Waals surface area (Å²) < 4.78 is 23.2. The van der Waals surface area contributed by atoms with E-state index in [0.717, 1.165) is 64.2 Å². The Balaban J connectivity index is 4.22. The van der Waals surface area contributed by atoms with Crippen molar-refractivity contribution in [3.05, 3.63) is 36.5 Å². The number of aliphatic hydroxyl groups is 1. The van der Waals surface area contributed by atoms with Crippen LogP contribution < -0.4 is 5.32 Å². The van der Waals surface area contributed by atoms with E-state index in [0.29, 0.717) is 23.9 Å². The lowest BCUT2D eigenvalue weighted by Crippen LogP contribution is -2.46. The molecule has 3 atom stereocenters. The number of hydrogen-bond donors (Lipinski definition) is 3. The van der Waals surface area contributed by atoms with E-state index in [1.165, 1.54) is 25.7 Å². The van der Waals surface area contributed by atoms with Crippen LogP contribution in [-0.4, -0.2) is 73.4 Å². The van der Waals surface area contributed by atoms with Crippen LogP contribution in [0.15, 0.2) is 36.5 Å². The average molecular weight is 616 g/mol. The zero-order valence-corrected chi connectivity index (χ0v) is 28.4. The van der Waals surface area contributed by atoms with Gasteiger partial charge in [-0.3, -0.25) is 13.8 Å². The lowest BCUT2D eigenvalue weighted by molar-refractivity contribution is -0.870. The predicted octanol–water partition coefficient (Wildman–Crippen LogP) is 7.62. The van der Waals surface area contributed by atoms with Crippen molar-refractivity contribution in [2.24, 2.45) is 0 Å². The zero-order chi connectivity index (χ0) is 31.5. The van der Waals surface area contributed by atoms with Gasteiger partial charge in [0.05, 0.1) is 39.9 Å². The van der Waals surface area contributed by atoms with Gasteiger partial charge in [-0.05, 0) is 44.9 Å². The third kappa shape index (κ3) is 27.5. The van der Waals surface area contributed by atoms with Crippen molar-refractivity contribution in [1.29, 1.82) is 0 Å². The summed E-state index contributed by atoms with van der Waals surface area (Å²) in [6, 6.07) is -0.759. The molecule has 0 radical (unpaired) electrons. The van der Waals surface area contributed by atoms with E-state index in [1.807, 2.05) is 21.1 Å². The second-order valence-corrected chi connectivity index (χ2v) is 13.6. The number of rotatable bonds is 28. The number of aliphatic hydroxyl groups excluding tert-OH is 1. The van der Waals surface area contributed by atoms with Crippen molar-refractivity contribution in [1.82, 2.24) is 5.32 Å². The van der Waals surface area contributed by atoms with E-state index < -0.39 is 20.0 Å². The number of carbonyl (C=O) groups is 1. The first kappa shape index (κ1) is 40.7. The molecule has 0 aromatic rings. The second-order valence-electron chi connectivity index (χ2n) is 12.2. The molecule has 8 nitrogen and oxygen atoms in total. The van der Waals surface area contributed by atoms with Crippen LogP contribution in [0.2, 0.25) is 0 Å². The van der Waals surface area contributed by atoms with Crippen LogP contribution >= 0.6 is 7.82 Å². The molecule has 0 fully saturated rings. The van der Waals surface area contributed by atoms with Gasteiger partial charge < -0.3 is 19.8 Å². The summed E-state index contributed by atoms with van der Waals surface area (Å²) in [6.07, 6.45) is 28.1. The van der Waals surface area contributed by atoms with E-state index in [4.69, 9.17) is 9.05 Å². The molecule has 0 aliphatic carbocycles. The molecule has 42 heavy (non-hydrogen) atoms. The molecule has 0 saturated heterocycles. The molecule has 246 valence electrons. The van der Waals surface area contributed by atoms with E-state index in [2.05, 4.69) is 55.6 Å². The highest BCUT2D eigenvalue weighted by molar-refractivity contribution is 7.47. The van der Waals surface area contributed by atoms with E-state index >= 15 is 0 Å². The number of phosphoric acid groups is 1. The van der Waals surface area contributed by atoms with Gasteiger partial charge in [-0.1, -0.05) is 102 Å². The number of phosphoric ester groups is 1. The fourth-order valence-corrected chi connectivity index (χ4v) is 4.97. The SMILES string of the molecule is CC/C=C\C/C=C\C/C=C\CCCCCCCCCC(=O)NC(COP(=O)(O)OCC[N+](C)(C)C)C(O)CCCCC. The molecular formula is C33H64N2O6P+. The van der Waals surface area contributed by atoms with Crippen molar-refractivity contribution in [3.8, 4) is 0 Å². The number of quaternary nitrogens is 1. The molecule has 0 aliphatic rings. The van der Waals surface area contributed by atoms with Crippen molar-refractivity contribution in [2.75, 3.05) is 40.9 Å². The molecule has 0 aromatic heterocycles. The van der Waals surface area contributed by atoms with Gasteiger partial charge in [0.1, 0.15) is 13.2 Å². The van der Waals surface area contributed by atoms with Crippen LogP contribution in [0, 0.1) is 0 Å². The average Bonchev–Trinajstić information content (AvgIpc) is 2.92. The molecule has 3 N–H and O–H groups in total. The third-order valence-corrected chi connectivity index (χ3v) is 7.89. The standard InChI is InChI=1S/C33H63N2O6P/c1-6-8-10-11-12-13-14-15-16-17-18-19-20-21-22-23-25-27-33(37)34-31(32(36)26-24-9-7-2)30-41-42(38,39)40-29-28-35(3,4)5/h8,10,12-13,15-16,31-32,36H,6-7,9,11,14,17-30H2,1-5H3,(H-,34,37,38,39)/p+1/b10-8-,13-12-,16-15-. The highest BCUT2D eigenvalue weighted by atomic mass is 31.2. The first-order chi connectivity index (χ1) is 20.0. The van der Waals surface area contributed by atoms with E-state index in [9.17, 15) is 19.4 Å². The largest absolute Gasteiger partial charge is 0.472 e. The van der Waals surface area contributed by atoms with Crippen LogP contribution in [0.25, 0.3) is 0 Å². The van der Waals surface area contributed by atoms with Gasteiger partial charge in [-0.15, -0.1) is 0 Å². The quantitative estimate of drug-likeness (QED) is 0.0362. The highest BCUT2D eigenvalue weighted by Gasteiger charge is 2.28. The van der Waals surface area contributed by atoms with Crippen LogP contribution in [0.1, 0.15) is 117 Å². The van der Waals surface area contributed by atoms with E-state index in [1.54, 1.807) is 0 Å². The summed E-state index contributed by atoms with van der Waals surface area (Å²) in [7, 11) is 1.59. The number of amides is 1. The number of nitrogens with zero attached hydrogens (tertiary/aromatic N) is 1. The maximum Gasteiger partial charge on any atom is 0.472 e. The Kier molecular flexibility index (Phi) is 25.4. The van der Waals surface area contributed by atoms with Crippen LogP contribution in [-0.2, 0) is 18.4 Å². The summed E-state index contributed by atoms with van der Waals surface area (Å²) in [6.45, 7) is 4.56. The van der Waals surface area contributed by atoms with Gasteiger partial charge in [0.2, 0.25) is 5.91 Å². The lowest BCUT2D eigenvalue weighted by Gasteiger charge is -2.26. The maximum atomic E-state index is 12.6. The Morgan fingerprint density at radius 1 is 0.833 bits per heavy atom.